The maximum atomic E-state index is 13.1. The first-order valence-corrected chi connectivity index (χ1v) is 9.41. The van der Waals surface area contributed by atoms with Gasteiger partial charge in [0, 0.05) is 6.07 Å². The predicted molar refractivity (Wildman–Crippen MR) is 111 cm³/mol. The third kappa shape index (κ3) is 6.02. The molecule has 0 aliphatic heterocycles. The summed E-state index contributed by atoms with van der Waals surface area (Å²) in [4.78, 5) is 22.3. The minimum absolute atomic E-state index is 0.180. The van der Waals surface area contributed by atoms with E-state index in [1.54, 1.807) is 19.1 Å². The molecule has 160 valence electrons. The third-order valence-corrected chi connectivity index (χ3v) is 4.43. The van der Waals surface area contributed by atoms with E-state index in [4.69, 9.17) is 14.2 Å². The highest BCUT2D eigenvalue weighted by atomic mass is 19.1. The molecule has 0 heterocycles. The fourth-order valence-electron chi connectivity index (χ4n) is 2.89. The Morgan fingerprint density at radius 2 is 1.45 bits per heavy atom. The van der Waals surface area contributed by atoms with Crippen LogP contribution in [0, 0.1) is 21.8 Å². The molecule has 1 unspecified atom stereocenters. The molecule has 0 fully saturated rings. The van der Waals surface area contributed by atoms with Gasteiger partial charge >= 0.3 is 5.97 Å². The van der Waals surface area contributed by atoms with Crippen molar-refractivity contribution >= 4 is 11.7 Å². The summed E-state index contributed by atoms with van der Waals surface area (Å²) in [6.07, 6.45) is 0.513. The third-order valence-electron chi connectivity index (χ3n) is 4.43. The Morgan fingerprint density at radius 3 is 1.94 bits per heavy atom. The number of nitro benzene ring substituents is 1. The molecule has 0 saturated carbocycles. The number of ether oxygens (including phenoxy) is 3. The molecule has 0 saturated heterocycles. The molecule has 1 atom stereocenters. The van der Waals surface area contributed by atoms with Crippen molar-refractivity contribution in [2.75, 3.05) is 7.11 Å². The molecule has 8 heteroatoms. The van der Waals surface area contributed by atoms with E-state index >= 15 is 0 Å². The second-order valence-electron chi connectivity index (χ2n) is 6.85. The number of rotatable bonds is 8. The minimum Gasteiger partial charge on any atom is -0.469 e. The van der Waals surface area contributed by atoms with Crippen molar-refractivity contribution in [3.8, 4) is 23.0 Å². The molecule has 0 aliphatic rings. The molecule has 3 rings (SSSR count). The number of benzene rings is 3. The number of hydrogen-bond donors (Lipinski definition) is 0. The summed E-state index contributed by atoms with van der Waals surface area (Å²) in [5, 5.41) is 11.3. The molecule has 31 heavy (non-hydrogen) atoms. The molecule has 0 radical (unpaired) electrons. The smallest absolute Gasteiger partial charge is 0.308 e. The molecule has 0 spiro atoms. The van der Waals surface area contributed by atoms with Crippen LogP contribution in [0.3, 0.4) is 0 Å². The van der Waals surface area contributed by atoms with Crippen LogP contribution in [-0.4, -0.2) is 18.0 Å². The van der Waals surface area contributed by atoms with Crippen LogP contribution in [0.15, 0.2) is 66.7 Å². The number of nitro groups is 1. The number of non-ortho nitro benzene ring substituents is 1. The zero-order valence-electron chi connectivity index (χ0n) is 16.9. The fraction of sp³-hybridized carbons (Fsp3) is 0.174. The van der Waals surface area contributed by atoms with E-state index in [1.807, 2.05) is 12.1 Å². The van der Waals surface area contributed by atoms with Crippen LogP contribution < -0.4 is 9.47 Å². The molecular formula is C23H20FNO6. The average molecular weight is 425 g/mol. The van der Waals surface area contributed by atoms with Gasteiger partial charge in [0.15, 0.2) is 0 Å². The number of esters is 1. The molecule has 0 aliphatic carbocycles. The minimum atomic E-state index is -0.554. The van der Waals surface area contributed by atoms with Crippen LogP contribution in [0.4, 0.5) is 10.1 Å². The molecular weight excluding hydrogens is 405 g/mol. The molecule has 0 amide bonds. The van der Waals surface area contributed by atoms with Crippen molar-refractivity contribution in [3.63, 3.8) is 0 Å². The number of carbonyl (C=O) groups is 1. The molecule has 0 bridgehead atoms. The van der Waals surface area contributed by atoms with Gasteiger partial charge in [-0.15, -0.1) is 0 Å². The fourth-order valence-corrected chi connectivity index (χ4v) is 2.89. The second-order valence-corrected chi connectivity index (χ2v) is 6.85. The lowest BCUT2D eigenvalue weighted by atomic mass is 10.0. The standard InChI is InChI=1S/C23H20FNO6/c1-15(23(26)29-2)11-16-3-7-19(8-4-16)30-21-12-18(25(27)28)13-22(14-21)31-20-9-5-17(24)6-10-20/h3-10,12-15H,11H2,1-2H3. The number of carbonyl (C=O) groups excluding carboxylic acids is 1. The van der Waals surface area contributed by atoms with Gasteiger partial charge in [0.2, 0.25) is 0 Å². The summed E-state index contributed by atoms with van der Waals surface area (Å²) < 4.78 is 29.2. The Labute approximate surface area is 178 Å². The van der Waals surface area contributed by atoms with E-state index in [9.17, 15) is 19.3 Å². The summed E-state index contributed by atoms with van der Waals surface area (Å²) in [6, 6.07) is 16.4. The molecule has 7 nitrogen and oxygen atoms in total. The van der Waals surface area contributed by atoms with E-state index in [0.717, 1.165) is 5.56 Å². The van der Waals surface area contributed by atoms with Crippen molar-refractivity contribution in [2.45, 2.75) is 13.3 Å². The lowest BCUT2D eigenvalue weighted by molar-refractivity contribution is -0.385. The van der Waals surface area contributed by atoms with E-state index in [0.29, 0.717) is 17.9 Å². The van der Waals surface area contributed by atoms with E-state index in [-0.39, 0.29) is 29.1 Å². The monoisotopic (exact) mass is 425 g/mol. The van der Waals surface area contributed by atoms with E-state index in [1.165, 1.54) is 49.6 Å². The van der Waals surface area contributed by atoms with Gasteiger partial charge in [0.25, 0.3) is 5.69 Å². The molecule has 0 aromatic heterocycles. The summed E-state index contributed by atoms with van der Waals surface area (Å²) in [5.74, 6) is 0.200. The highest BCUT2D eigenvalue weighted by molar-refractivity contribution is 5.72. The SMILES string of the molecule is COC(=O)C(C)Cc1ccc(Oc2cc(Oc3ccc(F)cc3)cc([N+](=O)[O-])c2)cc1. The Morgan fingerprint density at radius 1 is 0.935 bits per heavy atom. The maximum Gasteiger partial charge on any atom is 0.308 e. The van der Waals surface area contributed by atoms with E-state index < -0.39 is 10.7 Å². The number of hydrogen-bond acceptors (Lipinski definition) is 6. The highest BCUT2D eigenvalue weighted by Crippen LogP contribution is 2.33. The molecule has 0 N–H and O–H groups in total. The largest absolute Gasteiger partial charge is 0.469 e. The van der Waals surface area contributed by atoms with Crippen LogP contribution in [0.5, 0.6) is 23.0 Å². The van der Waals surface area contributed by atoms with Crippen molar-refractivity contribution in [3.05, 3.63) is 88.2 Å². The Bertz CT molecular complexity index is 1070. The van der Waals surface area contributed by atoms with Gasteiger partial charge in [-0.1, -0.05) is 19.1 Å². The summed E-state index contributed by atoms with van der Waals surface area (Å²) in [5.41, 5.74) is 0.711. The first-order chi connectivity index (χ1) is 14.8. The van der Waals surface area contributed by atoms with Crippen molar-refractivity contribution in [2.24, 2.45) is 5.92 Å². The second kappa shape index (κ2) is 9.71. The van der Waals surface area contributed by atoms with Gasteiger partial charge in [-0.25, -0.2) is 4.39 Å². The van der Waals surface area contributed by atoms with Crippen molar-refractivity contribution in [1.82, 2.24) is 0 Å². The zero-order chi connectivity index (χ0) is 22.4. The van der Waals surface area contributed by atoms with Crippen LogP contribution in [0.25, 0.3) is 0 Å². The Kier molecular flexibility index (Phi) is 6.81. The summed E-state index contributed by atoms with van der Waals surface area (Å²) >= 11 is 0. The van der Waals surface area contributed by atoms with Crippen LogP contribution in [-0.2, 0) is 16.0 Å². The summed E-state index contributed by atoms with van der Waals surface area (Å²) in [7, 11) is 1.35. The molecule has 3 aromatic carbocycles. The maximum absolute atomic E-state index is 13.1. The van der Waals surface area contributed by atoms with Crippen molar-refractivity contribution < 1.29 is 28.3 Å². The average Bonchev–Trinajstić information content (AvgIpc) is 2.76. The zero-order valence-corrected chi connectivity index (χ0v) is 16.9. The van der Waals surface area contributed by atoms with Gasteiger partial charge < -0.3 is 14.2 Å². The van der Waals surface area contributed by atoms with Gasteiger partial charge in [-0.2, -0.15) is 0 Å². The normalized spacial score (nSPS) is 11.5. The van der Waals surface area contributed by atoms with E-state index in [2.05, 4.69) is 0 Å². The number of halogens is 1. The predicted octanol–water partition coefficient (Wildman–Crippen LogP) is 5.67. The van der Waals surface area contributed by atoms with Gasteiger partial charge in [-0.3, -0.25) is 14.9 Å². The quantitative estimate of drug-likeness (QED) is 0.262. The lowest BCUT2D eigenvalue weighted by Crippen LogP contribution is -2.14. The van der Waals surface area contributed by atoms with Gasteiger partial charge in [-0.05, 0) is 48.4 Å². The van der Waals surface area contributed by atoms with Crippen LogP contribution in [0.2, 0.25) is 0 Å². The Balaban J connectivity index is 1.77. The highest BCUT2D eigenvalue weighted by Gasteiger charge is 2.15. The Hall–Kier alpha value is -3.94. The first kappa shape index (κ1) is 21.8. The number of methoxy groups -OCH3 is 1. The van der Waals surface area contributed by atoms with Gasteiger partial charge in [0.05, 0.1) is 30.1 Å². The first-order valence-electron chi connectivity index (χ1n) is 9.41. The lowest BCUT2D eigenvalue weighted by Gasteiger charge is -2.11. The van der Waals surface area contributed by atoms with Gasteiger partial charge in [0.1, 0.15) is 28.8 Å². The van der Waals surface area contributed by atoms with Crippen molar-refractivity contribution in [1.29, 1.82) is 0 Å². The van der Waals surface area contributed by atoms with Crippen LogP contribution in [0.1, 0.15) is 12.5 Å². The summed E-state index contributed by atoms with van der Waals surface area (Å²) in [6.45, 7) is 1.78. The molecule has 3 aromatic rings. The topological polar surface area (TPSA) is 87.9 Å². The van der Waals surface area contributed by atoms with Crippen LogP contribution >= 0.6 is 0 Å². The number of nitrogens with zero attached hydrogens (tertiary/aromatic N) is 1.